The molecule has 7 nitrogen and oxygen atoms in total. The summed E-state index contributed by atoms with van der Waals surface area (Å²) in [5.74, 6) is 0.430. The largest absolute Gasteiger partial charge is 0.468 e. The van der Waals surface area contributed by atoms with E-state index in [-0.39, 0.29) is 5.91 Å². The van der Waals surface area contributed by atoms with E-state index in [1.165, 1.54) is 18.4 Å². The van der Waals surface area contributed by atoms with Crippen molar-refractivity contribution in [2.24, 2.45) is 0 Å². The summed E-state index contributed by atoms with van der Waals surface area (Å²) in [7, 11) is 1.35. The van der Waals surface area contributed by atoms with Gasteiger partial charge >= 0.3 is 5.97 Å². The molecule has 1 amide bonds. The maximum atomic E-state index is 12.5. The number of methoxy groups -OCH3 is 1. The average Bonchev–Trinajstić information content (AvgIpc) is 3.24. The van der Waals surface area contributed by atoms with Crippen LogP contribution in [0.3, 0.4) is 0 Å². The molecule has 0 aliphatic carbocycles. The standard InChI is InChI=1S/C19H25N3O4S/c1-13-14(2)27-18(17(13)19(24)25-3)20-16(23)12-22-8-6-21(7-9-22)11-15-5-4-10-26-15/h4-5,10H,6-9,11-12H2,1-3H3,(H,20,23). The molecule has 1 saturated heterocycles. The van der Waals surface area contributed by atoms with Crippen LogP contribution in [0.15, 0.2) is 22.8 Å². The fraction of sp³-hybridized carbons (Fsp3) is 0.474. The predicted octanol–water partition coefficient (Wildman–Crippen LogP) is 2.50. The number of amides is 1. The molecule has 27 heavy (non-hydrogen) atoms. The zero-order chi connectivity index (χ0) is 19.4. The number of hydrogen-bond donors (Lipinski definition) is 1. The zero-order valence-electron chi connectivity index (χ0n) is 15.9. The van der Waals surface area contributed by atoms with E-state index in [4.69, 9.17) is 9.15 Å². The molecule has 2 aromatic heterocycles. The van der Waals surface area contributed by atoms with Crippen LogP contribution >= 0.6 is 11.3 Å². The van der Waals surface area contributed by atoms with E-state index in [2.05, 4.69) is 15.1 Å². The van der Waals surface area contributed by atoms with E-state index < -0.39 is 5.97 Å². The summed E-state index contributed by atoms with van der Waals surface area (Å²) >= 11 is 1.41. The number of furan rings is 1. The molecule has 3 rings (SSSR count). The van der Waals surface area contributed by atoms with Crippen LogP contribution in [-0.4, -0.2) is 61.5 Å². The van der Waals surface area contributed by atoms with Crippen LogP contribution in [0.4, 0.5) is 5.00 Å². The Kier molecular flexibility index (Phi) is 6.30. The SMILES string of the molecule is COC(=O)c1c(NC(=O)CN2CCN(Cc3ccco3)CC2)sc(C)c1C. The third kappa shape index (κ3) is 4.77. The number of rotatable bonds is 6. The van der Waals surface area contributed by atoms with Crippen molar-refractivity contribution >= 4 is 28.2 Å². The topological polar surface area (TPSA) is 75.0 Å². The van der Waals surface area contributed by atoms with E-state index in [9.17, 15) is 9.59 Å². The number of esters is 1. The van der Waals surface area contributed by atoms with Gasteiger partial charge in [0, 0.05) is 31.1 Å². The second-order valence-electron chi connectivity index (χ2n) is 6.66. The van der Waals surface area contributed by atoms with Crippen molar-refractivity contribution in [3.8, 4) is 0 Å². The average molecular weight is 391 g/mol. The van der Waals surface area contributed by atoms with Crippen molar-refractivity contribution in [1.82, 2.24) is 9.80 Å². The normalized spacial score (nSPS) is 15.7. The van der Waals surface area contributed by atoms with Crippen molar-refractivity contribution in [2.45, 2.75) is 20.4 Å². The fourth-order valence-electron chi connectivity index (χ4n) is 3.16. The lowest BCUT2D eigenvalue weighted by atomic mass is 10.1. The van der Waals surface area contributed by atoms with Crippen molar-refractivity contribution in [1.29, 1.82) is 0 Å². The number of carbonyl (C=O) groups is 2. The Morgan fingerprint density at radius 2 is 1.93 bits per heavy atom. The Morgan fingerprint density at radius 3 is 2.56 bits per heavy atom. The van der Waals surface area contributed by atoms with Gasteiger partial charge in [-0.25, -0.2) is 4.79 Å². The monoisotopic (exact) mass is 391 g/mol. The van der Waals surface area contributed by atoms with Gasteiger partial charge in [-0.1, -0.05) is 0 Å². The second-order valence-corrected chi connectivity index (χ2v) is 7.88. The molecule has 0 radical (unpaired) electrons. The minimum Gasteiger partial charge on any atom is -0.468 e. The van der Waals surface area contributed by atoms with Crippen LogP contribution in [-0.2, 0) is 16.1 Å². The number of aryl methyl sites for hydroxylation is 1. The fourth-order valence-corrected chi connectivity index (χ4v) is 4.23. The van der Waals surface area contributed by atoms with Crippen molar-refractivity contribution in [3.05, 3.63) is 40.2 Å². The lowest BCUT2D eigenvalue weighted by Gasteiger charge is -2.33. The molecule has 2 aromatic rings. The molecule has 0 saturated carbocycles. The van der Waals surface area contributed by atoms with Gasteiger partial charge in [0.15, 0.2) is 0 Å². The third-order valence-electron chi connectivity index (χ3n) is 4.82. The van der Waals surface area contributed by atoms with Crippen LogP contribution in [0, 0.1) is 13.8 Å². The van der Waals surface area contributed by atoms with E-state index in [1.807, 2.05) is 26.0 Å². The number of ether oxygens (including phenoxy) is 1. The molecular weight excluding hydrogens is 366 g/mol. The first kappa shape index (κ1) is 19.6. The first-order valence-electron chi connectivity index (χ1n) is 8.93. The number of carbonyl (C=O) groups excluding carboxylic acids is 2. The summed E-state index contributed by atoms with van der Waals surface area (Å²) in [5.41, 5.74) is 1.31. The molecule has 1 aliphatic rings. The Morgan fingerprint density at radius 1 is 1.22 bits per heavy atom. The molecular formula is C19H25N3O4S. The van der Waals surface area contributed by atoms with Gasteiger partial charge in [0.2, 0.25) is 5.91 Å². The summed E-state index contributed by atoms with van der Waals surface area (Å²) < 4.78 is 10.2. The molecule has 1 N–H and O–H groups in total. The van der Waals surface area contributed by atoms with Crippen LogP contribution in [0.5, 0.6) is 0 Å². The molecule has 0 bridgehead atoms. The Hall–Kier alpha value is -2.16. The Bertz CT molecular complexity index is 792. The van der Waals surface area contributed by atoms with Gasteiger partial charge in [0.25, 0.3) is 0 Å². The molecule has 1 aliphatic heterocycles. The quantitative estimate of drug-likeness (QED) is 0.763. The van der Waals surface area contributed by atoms with E-state index >= 15 is 0 Å². The van der Waals surface area contributed by atoms with Gasteiger partial charge in [-0.3, -0.25) is 14.6 Å². The highest BCUT2D eigenvalue weighted by Gasteiger charge is 2.23. The zero-order valence-corrected chi connectivity index (χ0v) is 16.7. The number of anilines is 1. The number of nitrogens with one attached hydrogen (secondary N) is 1. The number of thiophene rings is 1. The Balaban J connectivity index is 1.52. The predicted molar refractivity (Wildman–Crippen MR) is 104 cm³/mol. The van der Waals surface area contributed by atoms with Crippen LogP contribution in [0.1, 0.15) is 26.6 Å². The summed E-state index contributed by atoms with van der Waals surface area (Å²) in [6.45, 7) is 8.32. The minimum atomic E-state index is -0.418. The summed E-state index contributed by atoms with van der Waals surface area (Å²) in [5, 5.41) is 3.46. The summed E-state index contributed by atoms with van der Waals surface area (Å²) in [6.07, 6.45) is 1.69. The first-order valence-corrected chi connectivity index (χ1v) is 9.75. The smallest absolute Gasteiger partial charge is 0.341 e. The first-order chi connectivity index (χ1) is 13.0. The highest BCUT2D eigenvalue weighted by molar-refractivity contribution is 7.16. The van der Waals surface area contributed by atoms with Gasteiger partial charge in [-0.05, 0) is 31.5 Å². The third-order valence-corrected chi connectivity index (χ3v) is 5.94. The molecule has 0 unspecified atom stereocenters. The van der Waals surface area contributed by atoms with Gasteiger partial charge in [-0.2, -0.15) is 0 Å². The lowest BCUT2D eigenvalue weighted by molar-refractivity contribution is -0.117. The van der Waals surface area contributed by atoms with Gasteiger partial charge in [-0.15, -0.1) is 11.3 Å². The van der Waals surface area contributed by atoms with Crippen molar-refractivity contribution in [2.75, 3.05) is 45.2 Å². The second kappa shape index (κ2) is 8.69. The van der Waals surface area contributed by atoms with Gasteiger partial charge < -0.3 is 14.5 Å². The maximum absolute atomic E-state index is 12.5. The molecule has 0 aromatic carbocycles. The molecule has 1 fully saturated rings. The lowest BCUT2D eigenvalue weighted by Crippen LogP contribution is -2.48. The molecule has 146 valence electrons. The van der Waals surface area contributed by atoms with Crippen LogP contribution in [0.25, 0.3) is 0 Å². The molecule has 0 atom stereocenters. The van der Waals surface area contributed by atoms with E-state index in [0.29, 0.717) is 17.1 Å². The summed E-state index contributed by atoms with van der Waals surface area (Å²) in [6, 6.07) is 3.87. The number of hydrogen-bond acceptors (Lipinski definition) is 7. The minimum absolute atomic E-state index is 0.110. The molecule has 0 spiro atoms. The van der Waals surface area contributed by atoms with Crippen molar-refractivity contribution in [3.63, 3.8) is 0 Å². The van der Waals surface area contributed by atoms with Gasteiger partial charge in [0.1, 0.15) is 10.8 Å². The number of nitrogens with zero attached hydrogens (tertiary/aromatic N) is 2. The highest BCUT2D eigenvalue weighted by atomic mass is 32.1. The highest BCUT2D eigenvalue weighted by Crippen LogP contribution is 2.32. The van der Waals surface area contributed by atoms with Gasteiger partial charge in [0.05, 0.1) is 32.0 Å². The van der Waals surface area contributed by atoms with Crippen molar-refractivity contribution < 1.29 is 18.7 Å². The van der Waals surface area contributed by atoms with Crippen LogP contribution < -0.4 is 5.32 Å². The Labute approximate surface area is 162 Å². The number of piperazine rings is 1. The summed E-state index contributed by atoms with van der Waals surface area (Å²) in [4.78, 5) is 29.9. The van der Waals surface area contributed by atoms with Crippen LogP contribution in [0.2, 0.25) is 0 Å². The van der Waals surface area contributed by atoms with E-state index in [1.54, 1.807) is 6.26 Å². The molecule has 3 heterocycles. The van der Waals surface area contributed by atoms with E-state index in [0.717, 1.165) is 48.9 Å². The maximum Gasteiger partial charge on any atom is 0.341 e. The molecule has 8 heteroatoms.